The predicted octanol–water partition coefficient (Wildman–Crippen LogP) is 1.86. The highest BCUT2D eigenvalue weighted by molar-refractivity contribution is 5.36. The van der Waals surface area contributed by atoms with Crippen molar-refractivity contribution in [1.82, 2.24) is 0 Å². The van der Waals surface area contributed by atoms with Crippen LogP contribution in [0.5, 0.6) is 0 Å². The summed E-state index contributed by atoms with van der Waals surface area (Å²) in [5, 5.41) is 10.4. The lowest BCUT2D eigenvalue weighted by atomic mass is 9.97. The van der Waals surface area contributed by atoms with Crippen LogP contribution in [0.3, 0.4) is 0 Å². The molecule has 0 spiro atoms. The molecule has 0 aliphatic carbocycles. The minimum Gasteiger partial charge on any atom is -0.294 e. The van der Waals surface area contributed by atoms with Crippen LogP contribution in [0.25, 0.3) is 0 Å². The van der Waals surface area contributed by atoms with Gasteiger partial charge in [-0.1, -0.05) is 0 Å². The van der Waals surface area contributed by atoms with Crippen LogP contribution in [0.15, 0.2) is 18.2 Å². The van der Waals surface area contributed by atoms with Crippen LogP contribution in [-0.2, 0) is 10.4 Å². The fourth-order valence-corrected chi connectivity index (χ4v) is 1.17. The van der Waals surface area contributed by atoms with Gasteiger partial charge < -0.3 is 0 Å². The number of benzene rings is 1. The molecule has 1 aromatic carbocycles. The van der Waals surface area contributed by atoms with Crippen molar-refractivity contribution in [2.24, 2.45) is 5.90 Å². The maximum absolute atomic E-state index is 13.5. The van der Waals surface area contributed by atoms with E-state index < -0.39 is 16.3 Å². The van der Waals surface area contributed by atoms with E-state index in [-0.39, 0.29) is 11.3 Å². The molecular weight excluding hydrogens is 203 g/mol. The number of hydrogen-bond donors (Lipinski definition) is 1. The molecule has 82 valence electrons. The topological polar surface area (TPSA) is 78.4 Å². The lowest BCUT2D eigenvalue weighted by Gasteiger charge is -2.22. The molecule has 0 saturated carbocycles. The normalized spacial score (nSPS) is 11.5. The SMILES string of the molecule is CC(C)(ON)c1ccc([N+](=O)[O-])cc1F. The number of hydrogen-bond acceptors (Lipinski definition) is 4. The van der Waals surface area contributed by atoms with E-state index in [4.69, 9.17) is 5.90 Å². The van der Waals surface area contributed by atoms with E-state index in [0.29, 0.717) is 0 Å². The molecule has 0 radical (unpaired) electrons. The van der Waals surface area contributed by atoms with Crippen LogP contribution in [0.1, 0.15) is 19.4 Å². The van der Waals surface area contributed by atoms with E-state index in [1.807, 2.05) is 0 Å². The van der Waals surface area contributed by atoms with Gasteiger partial charge in [0.2, 0.25) is 0 Å². The molecule has 0 atom stereocenters. The van der Waals surface area contributed by atoms with Crippen molar-refractivity contribution < 1.29 is 14.2 Å². The highest BCUT2D eigenvalue weighted by atomic mass is 19.1. The van der Waals surface area contributed by atoms with Crippen LogP contribution in [0, 0.1) is 15.9 Å². The van der Waals surface area contributed by atoms with Gasteiger partial charge in [0.1, 0.15) is 11.4 Å². The third kappa shape index (κ3) is 2.28. The third-order valence-electron chi connectivity index (χ3n) is 2.11. The second-order valence-electron chi connectivity index (χ2n) is 3.55. The lowest BCUT2D eigenvalue weighted by molar-refractivity contribution is -0.385. The highest BCUT2D eigenvalue weighted by Crippen LogP contribution is 2.27. The van der Waals surface area contributed by atoms with E-state index >= 15 is 0 Å². The van der Waals surface area contributed by atoms with Crippen LogP contribution >= 0.6 is 0 Å². The van der Waals surface area contributed by atoms with Gasteiger partial charge in [-0.15, -0.1) is 0 Å². The van der Waals surface area contributed by atoms with Gasteiger partial charge in [-0.2, -0.15) is 0 Å². The molecule has 1 rings (SSSR count). The molecule has 5 nitrogen and oxygen atoms in total. The smallest absolute Gasteiger partial charge is 0.272 e. The number of non-ortho nitro benzene ring substituents is 1. The molecule has 0 amide bonds. The van der Waals surface area contributed by atoms with Crippen molar-refractivity contribution in [1.29, 1.82) is 0 Å². The molecule has 0 aromatic heterocycles. The molecule has 0 fully saturated rings. The largest absolute Gasteiger partial charge is 0.294 e. The van der Waals surface area contributed by atoms with Gasteiger partial charge in [-0.05, 0) is 19.9 Å². The Morgan fingerprint density at radius 3 is 2.53 bits per heavy atom. The monoisotopic (exact) mass is 214 g/mol. The Balaban J connectivity index is 3.19. The molecule has 15 heavy (non-hydrogen) atoms. The van der Waals surface area contributed by atoms with Gasteiger partial charge in [0.05, 0.1) is 11.0 Å². The molecule has 0 bridgehead atoms. The Morgan fingerprint density at radius 1 is 1.53 bits per heavy atom. The molecule has 0 unspecified atom stereocenters. The summed E-state index contributed by atoms with van der Waals surface area (Å²) >= 11 is 0. The van der Waals surface area contributed by atoms with Gasteiger partial charge in [0.15, 0.2) is 0 Å². The predicted molar refractivity (Wildman–Crippen MR) is 51.4 cm³/mol. The molecule has 2 N–H and O–H groups in total. The van der Waals surface area contributed by atoms with Crippen molar-refractivity contribution in [2.75, 3.05) is 0 Å². The van der Waals surface area contributed by atoms with Crippen molar-refractivity contribution in [3.05, 3.63) is 39.7 Å². The number of nitro groups is 1. The van der Waals surface area contributed by atoms with Crippen LogP contribution < -0.4 is 5.90 Å². The fourth-order valence-electron chi connectivity index (χ4n) is 1.17. The number of rotatable bonds is 3. The van der Waals surface area contributed by atoms with E-state index in [9.17, 15) is 14.5 Å². The zero-order valence-corrected chi connectivity index (χ0v) is 8.36. The van der Waals surface area contributed by atoms with Gasteiger partial charge in [-0.3, -0.25) is 15.0 Å². The number of nitro benzene ring substituents is 1. The summed E-state index contributed by atoms with van der Waals surface area (Å²) in [5.41, 5.74) is -1.14. The van der Waals surface area contributed by atoms with E-state index in [1.165, 1.54) is 12.1 Å². The van der Waals surface area contributed by atoms with Crippen molar-refractivity contribution in [3.63, 3.8) is 0 Å². The standard InChI is InChI=1S/C9H11FN2O3/c1-9(2,15-11)7-4-3-6(12(13)14)5-8(7)10/h3-5H,11H2,1-2H3. The van der Waals surface area contributed by atoms with Crippen molar-refractivity contribution in [3.8, 4) is 0 Å². The summed E-state index contributed by atoms with van der Waals surface area (Å²) < 4.78 is 13.5. The van der Waals surface area contributed by atoms with Crippen LogP contribution in [-0.4, -0.2) is 4.92 Å². The number of halogens is 1. The average molecular weight is 214 g/mol. The maximum Gasteiger partial charge on any atom is 0.272 e. The zero-order chi connectivity index (χ0) is 11.6. The first-order chi connectivity index (χ1) is 6.88. The van der Waals surface area contributed by atoms with Crippen LogP contribution in [0.4, 0.5) is 10.1 Å². The lowest BCUT2D eigenvalue weighted by Crippen LogP contribution is -2.26. The molecule has 0 heterocycles. The Bertz CT molecular complexity index is 393. The minimum absolute atomic E-state index is 0.176. The summed E-state index contributed by atoms with van der Waals surface area (Å²) in [6.07, 6.45) is 0. The van der Waals surface area contributed by atoms with Gasteiger partial charge in [0.25, 0.3) is 5.69 Å². The highest BCUT2D eigenvalue weighted by Gasteiger charge is 2.25. The minimum atomic E-state index is -1.01. The Labute approximate surface area is 85.8 Å². The summed E-state index contributed by atoms with van der Waals surface area (Å²) in [6.45, 7) is 3.13. The Kier molecular flexibility index (Phi) is 3.01. The van der Waals surface area contributed by atoms with E-state index in [1.54, 1.807) is 13.8 Å². The van der Waals surface area contributed by atoms with E-state index in [0.717, 1.165) is 6.07 Å². The second-order valence-corrected chi connectivity index (χ2v) is 3.55. The molecule has 6 heteroatoms. The zero-order valence-electron chi connectivity index (χ0n) is 8.36. The van der Waals surface area contributed by atoms with Crippen molar-refractivity contribution >= 4 is 5.69 Å². The van der Waals surface area contributed by atoms with E-state index in [2.05, 4.69) is 4.84 Å². The van der Waals surface area contributed by atoms with Gasteiger partial charge >= 0.3 is 0 Å². The number of nitrogens with two attached hydrogens (primary N) is 1. The Hall–Kier alpha value is -1.53. The summed E-state index contributed by atoms with van der Waals surface area (Å²) in [6, 6.07) is 3.34. The van der Waals surface area contributed by atoms with Gasteiger partial charge in [0, 0.05) is 11.6 Å². The first kappa shape index (κ1) is 11.5. The molecule has 0 aliphatic rings. The van der Waals surface area contributed by atoms with Gasteiger partial charge in [-0.25, -0.2) is 10.3 Å². The third-order valence-corrected chi connectivity index (χ3v) is 2.11. The van der Waals surface area contributed by atoms with Crippen molar-refractivity contribution in [2.45, 2.75) is 19.4 Å². The fraction of sp³-hybridized carbons (Fsp3) is 0.333. The maximum atomic E-state index is 13.5. The quantitative estimate of drug-likeness (QED) is 0.615. The molecule has 1 aromatic rings. The first-order valence-electron chi connectivity index (χ1n) is 4.21. The Morgan fingerprint density at radius 2 is 2.13 bits per heavy atom. The molecule has 0 aliphatic heterocycles. The van der Waals surface area contributed by atoms with Crippen LogP contribution in [0.2, 0.25) is 0 Å². The molecule has 0 saturated heterocycles. The summed E-state index contributed by atoms with van der Waals surface area (Å²) in [7, 11) is 0. The first-order valence-corrected chi connectivity index (χ1v) is 4.21. The number of nitrogens with zero attached hydrogens (tertiary/aromatic N) is 1. The summed E-state index contributed by atoms with van der Waals surface area (Å²) in [4.78, 5) is 14.3. The average Bonchev–Trinajstić information content (AvgIpc) is 2.17. The summed E-state index contributed by atoms with van der Waals surface area (Å²) in [5.74, 6) is 4.30. The second kappa shape index (κ2) is 3.92. The molecular formula is C9H11FN2O3.